The first-order valence-corrected chi connectivity index (χ1v) is 7.23. The number of aldehydes is 1. The Labute approximate surface area is 123 Å². The molecule has 1 aromatic heterocycles. The van der Waals surface area contributed by atoms with Crippen molar-refractivity contribution in [3.8, 4) is 5.75 Å². The number of methoxy groups -OCH3 is 1. The molecule has 0 saturated carbocycles. The lowest BCUT2D eigenvalue weighted by Crippen LogP contribution is -2.30. The highest BCUT2D eigenvalue weighted by Gasteiger charge is 2.15. The molecule has 1 atom stereocenters. The van der Waals surface area contributed by atoms with Crippen LogP contribution in [0, 0.1) is 0 Å². The molecule has 20 heavy (non-hydrogen) atoms. The van der Waals surface area contributed by atoms with Crippen molar-refractivity contribution in [2.45, 2.75) is 19.4 Å². The summed E-state index contributed by atoms with van der Waals surface area (Å²) in [5.41, 5.74) is 1.17. The second-order valence-corrected chi connectivity index (χ2v) is 5.68. The summed E-state index contributed by atoms with van der Waals surface area (Å²) in [6.45, 7) is 2.13. The SMILES string of the molecule is COc1ccccc1CC(C)N(C)c1ncc(C=O)s1. The maximum absolute atomic E-state index is 10.7. The van der Waals surface area contributed by atoms with Crippen LogP contribution in [0.2, 0.25) is 0 Å². The van der Waals surface area contributed by atoms with E-state index in [1.54, 1.807) is 13.3 Å². The van der Waals surface area contributed by atoms with Crippen LogP contribution < -0.4 is 9.64 Å². The maximum Gasteiger partial charge on any atom is 0.185 e. The first-order valence-electron chi connectivity index (χ1n) is 6.41. The fraction of sp³-hybridized carbons (Fsp3) is 0.333. The normalized spacial score (nSPS) is 11.9. The van der Waals surface area contributed by atoms with Crippen molar-refractivity contribution in [1.82, 2.24) is 4.98 Å². The summed E-state index contributed by atoms with van der Waals surface area (Å²) < 4.78 is 5.38. The summed E-state index contributed by atoms with van der Waals surface area (Å²) in [4.78, 5) is 17.7. The molecular weight excluding hydrogens is 272 g/mol. The first kappa shape index (κ1) is 14.5. The molecular formula is C15H18N2O2S. The molecule has 4 nitrogen and oxygen atoms in total. The molecule has 1 heterocycles. The van der Waals surface area contributed by atoms with Gasteiger partial charge in [-0.15, -0.1) is 0 Å². The van der Waals surface area contributed by atoms with Crippen LogP contribution >= 0.6 is 11.3 Å². The van der Waals surface area contributed by atoms with E-state index in [0.717, 1.165) is 23.6 Å². The topological polar surface area (TPSA) is 42.4 Å². The Bertz CT molecular complexity index is 583. The van der Waals surface area contributed by atoms with Gasteiger partial charge in [0.25, 0.3) is 0 Å². The van der Waals surface area contributed by atoms with Crippen LogP contribution in [0.5, 0.6) is 5.75 Å². The molecule has 0 aliphatic heterocycles. The van der Waals surface area contributed by atoms with E-state index in [9.17, 15) is 4.79 Å². The van der Waals surface area contributed by atoms with E-state index in [4.69, 9.17) is 4.74 Å². The van der Waals surface area contributed by atoms with E-state index < -0.39 is 0 Å². The molecule has 0 N–H and O–H groups in total. The lowest BCUT2D eigenvalue weighted by molar-refractivity contribution is 0.112. The van der Waals surface area contributed by atoms with Gasteiger partial charge in [-0.2, -0.15) is 0 Å². The predicted molar refractivity (Wildman–Crippen MR) is 82.1 cm³/mol. The van der Waals surface area contributed by atoms with E-state index >= 15 is 0 Å². The Hall–Kier alpha value is -1.88. The number of nitrogens with zero attached hydrogens (tertiary/aromatic N) is 2. The largest absolute Gasteiger partial charge is 0.496 e. The van der Waals surface area contributed by atoms with Crippen LogP contribution in [0.15, 0.2) is 30.5 Å². The Balaban J connectivity index is 2.10. The monoisotopic (exact) mass is 290 g/mol. The lowest BCUT2D eigenvalue weighted by Gasteiger charge is -2.25. The number of thiazole rings is 1. The summed E-state index contributed by atoms with van der Waals surface area (Å²) in [6.07, 6.45) is 3.30. The maximum atomic E-state index is 10.7. The van der Waals surface area contributed by atoms with E-state index in [-0.39, 0.29) is 6.04 Å². The molecule has 1 unspecified atom stereocenters. The van der Waals surface area contributed by atoms with Gasteiger partial charge >= 0.3 is 0 Å². The standard InChI is InChI=1S/C15H18N2O2S/c1-11(8-12-6-4-5-7-14(12)19-3)17(2)15-16-9-13(10-18)20-15/h4-7,9-11H,8H2,1-3H3. The van der Waals surface area contributed by atoms with Crippen LogP contribution in [0.3, 0.4) is 0 Å². The van der Waals surface area contributed by atoms with Gasteiger partial charge in [0.2, 0.25) is 0 Å². The zero-order valence-electron chi connectivity index (χ0n) is 11.9. The average Bonchev–Trinajstić information content (AvgIpc) is 2.95. The number of carbonyl (C=O) groups is 1. The smallest absolute Gasteiger partial charge is 0.185 e. The number of likely N-dealkylation sites (N-methyl/N-ethyl adjacent to an activating group) is 1. The second kappa shape index (κ2) is 6.52. The highest BCUT2D eigenvalue weighted by molar-refractivity contribution is 7.17. The van der Waals surface area contributed by atoms with Gasteiger partial charge in [-0.25, -0.2) is 4.98 Å². The zero-order chi connectivity index (χ0) is 14.5. The third kappa shape index (κ3) is 3.17. The molecule has 5 heteroatoms. The van der Waals surface area contributed by atoms with Gasteiger partial charge in [0, 0.05) is 13.1 Å². The molecule has 0 radical (unpaired) electrons. The van der Waals surface area contributed by atoms with Gasteiger partial charge < -0.3 is 9.64 Å². The number of hydrogen-bond acceptors (Lipinski definition) is 5. The Morgan fingerprint density at radius 1 is 1.45 bits per heavy atom. The molecule has 0 spiro atoms. The highest BCUT2D eigenvalue weighted by atomic mass is 32.1. The van der Waals surface area contributed by atoms with Crippen molar-refractivity contribution in [2.75, 3.05) is 19.1 Å². The summed E-state index contributed by atoms with van der Waals surface area (Å²) >= 11 is 1.41. The van der Waals surface area contributed by atoms with Crippen molar-refractivity contribution in [3.05, 3.63) is 40.9 Å². The van der Waals surface area contributed by atoms with Crippen LogP contribution in [0.4, 0.5) is 5.13 Å². The zero-order valence-corrected chi connectivity index (χ0v) is 12.7. The number of aromatic nitrogens is 1. The number of rotatable bonds is 6. The molecule has 0 aliphatic carbocycles. The molecule has 2 rings (SSSR count). The highest BCUT2D eigenvalue weighted by Crippen LogP contribution is 2.25. The lowest BCUT2D eigenvalue weighted by atomic mass is 10.1. The number of ether oxygens (including phenoxy) is 1. The van der Waals surface area contributed by atoms with Gasteiger partial charge in [-0.1, -0.05) is 29.5 Å². The number of benzene rings is 1. The predicted octanol–water partition coefficient (Wildman–Crippen LogP) is 3.03. The van der Waals surface area contributed by atoms with Crippen molar-refractivity contribution < 1.29 is 9.53 Å². The molecule has 0 bridgehead atoms. The summed E-state index contributed by atoms with van der Waals surface area (Å²) in [6, 6.07) is 8.28. The fourth-order valence-electron chi connectivity index (χ4n) is 2.01. The minimum atomic E-state index is 0.261. The van der Waals surface area contributed by atoms with Crippen LogP contribution in [-0.4, -0.2) is 31.5 Å². The van der Waals surface area contributed by atoms with Gasteiger partial charge in [-0.05, 0) is 25.0 Å². The van der Waals surface area contributed by atoms with Gasteiger partial charge in [-0.3, -0.25) is 4.79 Å². The van der Waals surface area contributed by atoms with E-state index in [1.807, 2.05) is 25.2 Å². The average molecular weight is 290 g/mol. The quantitative estimate of drug-likeness (QED) is 0.767. The summed E-state index contributed by atoms with van der Waals surface area (Å²) in [5.74, 6) is 0.903. The van der Waals surface area contributed by atoms with E-state index in [2.05, 4.69) is 22.9 Å². The third-order valence-electron chi connectivity index (χ3n) is 3.30. The second-order valence-electron chi connectivity index (χ2n) is 4.64. The Morgan fingerprint density at radius 3 is 2.85 bits per heavy atom. The minimum Gasteiger partial charge on any atom is -0.496 e. The number of carbonyl (C=O) groups excluding carboxylic acids is 1. The van der Waals surface area contributed by atoms with Crippen molar-refractivity contribution >= 4 is 22.8 Å². The number of hydrogen-bond donors (Lipinski definition) is 0. The molecule has 0 aliphatic rings. The Kier molecular flexibility index (Phi) is 4.74. The van der Waals surface area contributed by atoms with Gasteiger partial charge in [0.15, 0.2) is 11.4 Å². The third-order valence-corrected chi connectivity index (χ3v) is 4.31. The van der Waals surface area contributed by atoms with Crippen LogP contribution in [0.1, 0.15) is 22.2 Å². The number of para-hydroxylation sites is 1. The van der Waals surface area contributed by atoms with Gasteiger partial charge in [0.05, 0.1) is 18.2 Å². The fourth-order valence-corrected chi connectivity index (χ4v) is 2.80. The van der Waals surface area contributed by atoms with Crippen LogP contribution in [0.25, 0.3) is 0 Å². The first-order chi connectivity index (χ1) is 9.65. The molecule has 1 aromatic carbocycles. The summed E-state index contributed by atoms with van der Waals surface area (Å²) in [5, 5.41) is 0.856. The van der Waals surface area contributed by atoms with E-state index in [1.165, 1.54) is 16.9 Å². The molecule has 106 valence electrons. The Morgan fingerprint density at radius 2 is 2.20 bits per heavy atom. The minimum absolute atomic E-state index is 0.261. The van der Waals surface area contributed by atoms with Crippen molar-refractivity contribution in [1.29, 1.82) is 0 Å². The van der Waals surface area contributed by atoms with E-state index in [0.29, 0.717) is 4.88 Å². The molecule has 0 fully saturated rings. The molecule has 2 aromatic rings. The molecule has 0 amide bonds. The van der Waals surface area contributed by atoms with Crippen molar-refractivity contribution in [3.63, 3.8) is 0 Å². The number of anilines is 1. The van der Waals surface area contributed by atoms with Crippen LogP contribution in [-0.2, 0) is 6.42 Å². The van der Waals surface area contributed by atoms with Crippen molar-refractivity contribution in [2.24, 2.45) is 0 Å². The summed E-state index contributed by atoms with van der Waals surface area (Å²) in [7, 11) is 3.68. The van der Waals surface area contributed by atoms with Gasteiger partial charge in [0.1, 0.15) is 5.75 Å². The molecule has 0 saturated heterocycles.